The molecule has 1 aromatic carbocycles. The molecule has 0 amide bonds. The van der Waals surface area contributed by atoms with Gasteiger partial charge in [-0.1, -0.05) is 32.0 Å². The van der Waals surface area contributed by atoms with Gasteiger partial charge in [-0.15, -0.1) is 0 Å². The third-order valence-corrected chi connectivity index (χ3v) is 5.29. The van der Waals surface area contributed by atoms with E-state index in [1.807, 2.05) is 26.0 Å². The first-order valence-corrected chi connectivity index (χ1v) is 7.71. The molecule has 18 heavy (non-hydrogen) atoms. The van der Waals surface area contributed by atoms with Gasteiger partial charge < -0.3 is 5.73 Å². The van der Waals surface area contributed by atoms with Crippen molar-refractivity contribution in [2.45, 2.75) is 37.1 Å². The quantitative estimate of drug-likeness (QED) is 0.904. The Balaban J connectivity index is 2.42. The first-order chi connectivity index (χ1) is 8.43. The predicted molar refractivity (Wildman–Crippen MR) is 71.9 cm³/mol. The molecule has 1 unspecified atom stereocenters. The Labute approximate surface area is 109 Å². The Kier molecular flexibility index (Phi) is 3.75. The molecule has 5 heteroatoms. The van der Waals surface area contributed by atoms with Crippen molar-refractivity contribution in [2.75, 3.05) is 13.1 Å². The first-order valence-electron chi connectivity index (χ1n) is 6.27. The molecule has 4 nitrogen and oxygen atoms in total. The molecule has 0 radical (unpaired) electrons. The average molecular weight is 268 g/mol. The molecule has 1 saturated heterocycles. The Hall–Kier alpha value is -0.910. The molecule has 1 heterocycles. The van der Waals surface area contributed by atoms with Crippen LogP contribution in [0.1, 0.15) is 31.7 Å². The molecule has 2 rings (SSSR count). The summed E-state index contributed by atoms with van der Waals surface area (Å²) in [6, 6.07) is 7.19. The van der Waals surface area contributed by atoms with Crippen molar-refractivity contribution in [3.05, 3.63) is 29.8 Å². The minimum atomic E-state index is -3.39. The Morgan fingerprint density at radius 2 is 2.00 bits per heavy atom. The number of rotatable bonds is 3. The number of hydrogen-bond acceptors (Lipinski definition) is 3. The normalized spacial score (nSPS) is 21.7. The van der Waals surface area contributed by atoms with Gasteiger partial charge in [0.2, 0.25) is 10.0 Å². The zero-order valence-corrected chi connectivity index (χ0v) is 11.7. The van der Waals surface area contributed by atoms with Crippen LogP contribution in [0.5, 0.6) is 0 Å². The molecule has 1 aliphatic rings. The van der Waals surface area contributed by atoms with Gasteiger partial charge in [-0.05, 0) is 24.0 Å². The van der Waals surface area contributed by atoms with Gasteiger partial charge in [0.05, 0.1) is 4.90 Å². The fraction of sp³-hybridized carbons (Fsp3) is 0.538. The molecular formula is C13H20N2O2S. The molecule has 0 bridgehead atoms. The maximum atomic E-state index is 12.6. The van der Waals surface area contributed by atoms with Crippen LogP contribution in [0.2, 0.25) is 0 Å². The highest BCUT2D eigenvalue weighted by Crippen LogP contribution is 2.27. The van der Waals surface area contributed by atoms with E-state index in [2.05, 4.69) is 0 Å². The zero-order chi connectivity index (χ0) is 13.3. The van der Waals surface area contributed by atoms with Gasteiger partial charge in [0.15, 0.2) is 0 Å². The molecule has 1 aromatic rings. The van der Waals surface area contributed by atoms with Crippen molar-refractivity contribution in [1.29, 1.82) is 0 Å². The van der Waals surface area contributed by atoms with Crippen LogP contribution < -0.4 is 5.73 Å². The number of sulfonamides is 1. The molecule has 0 aliphatic carbocycles. The molecular weight excluding hydrogens is 248 g/mol. The summed E-state index contributed by atoms with van der Waals surface area (Å²) in [4.78, 5) is 0.425. The van der Waals surface area contributed by atoms with Gasteiger partial charge in [-0.3, -0.25) is 0 Å². The molecule has 0 saturated carbocycles. The van der Waals surface area contributed by atoms with E-state index in [9.17, 15) is 8.42 Å². The number of nitrogens with zero attached hydrogens (tertiary/aromatic N) is 1. The van der Waals surface area contributed by atoms with Gasteiger partial charge in [0, 0.05) is 19.1 Å². The summed E-state index contributed by atoms with van der Waals surface area (Å²) in [6.45, 7) is 4.96. The van der Waals surface area contributed by atoms with Crippen molar-refractivity contribution in [3.8, 4) is 0 Å². The van der Waals surface area contributed by atoms with E-state index < -0.39 is 10.0 Å². The highest BCUT2D eigenvalue weighted by atomic mass is 32.2. The standard InChI is InChI=1S/C13H20N2O2S/c1-10(2)12-5-3-4-6-13(12)18(16,17)15-8-7-11(14)9-15/h3-6,10-11H,7-9,14H2,1-2H3. The molecule has 0 aromatic heterocycles. The third-order valence-electron chi connectivity index (χ3n) is 3.35. The fourth-order valence-corrected chi connectivity index (χ4v) is 4.17. The lowest BCUT2D eigenvalue weighted by Crippen LogP contribution is -2.32. The summed E-state index contributed by atoms with van der Waals surface area (Å²) in [7, 11) is -3.39. The van der Waals surface area contributed by atoms with Gasteiger partial charge >= 0.3 is 0 Å². The Morgan fingerprint density at radius 3 is 2.56 bits per heavy atom. The summed E-state index contributed by atoms with van der Waals surface area (Å²) >= 11 is 0. The minimum Gasteiger partial charge on any atom is -0.326 e. The topological polar surface area (TPSA) is 63.4 Å². The van der Waals surface area contributed by atoms with Crippen molar-refractivity contribution < 1.29 is 8.42 Å². The van der Waals surface area contributed by atoms with Crippen LogP contribution in [0.4, 0.5) is 0 Å². The van der Waals surface area contributed by atoms with E-state index in [0.717, 1.165) is 12.0 Å². The lowest BCUT2D eigenvalue weighted by Gasteiger charge is -2.19. The van der Waals surface area contributed by atoms with Gasteiger partial charge in [0.1, 0.15) is 0 Å². The maximum Gasteiger partial charge on any atom is 0.243 e. The fourth-order valence-electron chi connectivity index (χ4n) is 2.30. The van der Waals surface area contributed by atoms with E-state index in [1.54, 1.807) is 12.1 Å². The van der Waals surface area contributed by atoms with Crippen LogP contribution in [0.3, 0.4) is 0 Å². The summed E-state index contributed by atoms with van der Waals surface area (Å²) in [5.41, 5.74) is 6.66. The van der Waals surface area contributed by atoms with Crippen molar-refractivity contribution in [2.24, 2.45) is 5.73 Å². The minimum absolute atomic E-state index is 0.0361. The highest BCUT2D eigenvalue weighted by Gasteiger charge is 2.32. The van der Waals surface area contributed by atoms with Gasteiger partial charge in [-0.25, -0.2) is 8.42 Å². The SMILES string of the molecule is CC(C)c1ccccc1S(=O)(=O)N1CCC(N)C1. The molecule has 100 valence electrons. The van der Waals surface area contributed by atoms with Crippen LogP contribution >= 0.6 is 0 Å². The number of hydrogen-bond donors (Lipinski definition) is 1. The van der Waals surface area contributed by atoms with E-state index >= 15 is 0 Å². The second-order valence-electron chi connectivity index (χ2n) is 5.10. The van der Waals surface area contributed by atoms with Crippen LogP contribution in [0, 0.1) is 0 Å². The molecule has 1 aliphatic heterocycles. The molecule has 1 fully saturated rings. The van der Waals surface area contributed by atoms with Crippen LogP contribution in [0.15, 0.2) is 29.2 Å². The van der Waals surface area contributed by atoms with Crippen molar-refractivity contribution in [1.82, 2.24) is 4.31 Å². The number of benzene rings is 1. The zero-order valence-electron chi connectivity index (χ0n) is 10.8. The van der Waals surface area contributed by atoms with Crippen molar-refractivity contribution >= 4 is 10.0 Å². The molecule has 1 atom stereocenters. The van der Waals surface area contributed by atoms with Gasteiger partial charge in [0.25, 0.3) is 0 Å². The lowest BCUT2D eigenvalue weighted by molar-refractivity contribution is 0.471. The highest BCUT2D eigenvalue weighted by molar-refractivity contribution is 7.89. The third kappa shape index (κ3) is 2.43. The summed E-state index contributed by atoms with van der Waals surface area (Å²) < 4.78 is 26.7. The molecule has 2 N–H and O–H groups in total. The van der Waals surface area contributed by atoms with E-state index in [0.29, 0.717) is 18.0 Å². The maximum absolute atomic E-state index is 12.6. The average Bonchev–Trinajstić information content (AvgIpc) is 2.76. The lowest BCUT2D eigenvalue weighted by atomic mass is 10.0. The van der Waals surface area contributed by atoms with Crippen molar-refractivity contribution in [3.63, 3.8) is 0 Å². The monoisotopic (exact) mass is 268 g/mol. The molecule has 0 spiro atoms. The summed E-state index contributed by atoms with van der Waals surface area (Å²) in [5, 5.41) is 0. The summed E-state index contributed by atoms with van der Waals surface area (Å²) in [5.74, 6) is 0.187. The Morgan fingerprint density at radius 1 is 1.33 bits per heavy atom. The Bertz CT molecular complexity index is 526. The predicted octanol–water partition coefficient (Wildman–Crippen LogP) is 1.53. The van der Waals surface area contributed by atoms with Crippen LogP contribution in [-0.4, -0.2) is 31.9 Å². The van der Waals surface area contributed by atoms with E-state index in [1.165, 1.54) is 4.31 Å². The second-order valence-corrected chi connectivity index (χ2v) is 7.01. The van der Waals surface area contributed by atoms with Crippen LogP contribution in [0.25, 0.3) is 0 Å². The largest absolute Gasteiger partial charge is 0.326 e. The van der Waals surface area contributed by atoms with E-state index in [4.69, 9.17) is 5.73 Å². The number of nitrogens with two attached hydrogens (primary N) is 1. The second kappa shape index (κ2) is 4.99. The van der Waals surface area contributed by atoms with E-state index in [-0.39, 0.29) is 12.0 Å². The smallest absolute Gasteiger partial charge is 0.243 e. The van der Waals surface area contributed by atoms with Crippen LogP contribution in [-0.2, 0) is 10.0 Å². The first kappa shape index (κ1) is 13.5. The van der Waals surface area contributed by atoms with Gasteiger partial charge in [-0.2, -0.15) is 4.31 Å². The summed E-state index contributed by atoms with van der Waals surface area (Å²) in [6.07, 6.45) is 0.739.